The Morgan fingerprint density at radius 2 is 1.86 bits per heavy atom. The highest BCUT2D eigenvalue weighted by Crippen LogP contribution is 2.23. The maximum absolute atomic E-state index is 12.1. The van der Waals surface area contributed by atoms with Crippen molar-refractivity contribution >= 4 is 17.5 Å². The third-order valence-electron chi connectivity index (χ3n) is 4.74. The van der Waals surface area contributed by atoms with E-state index >= 15 is 0 Å². The van der Waals surface area contributed by atoms with E-state index in [1.165, 1.54) is 0 Å². The summed E-state index contributed by atoms with van der Waals surface area (Å²) in [4.78, 5) is 25.6. The Bertz CT molecular complexity index is 983. The summed E-state index contributed by atoms with van der Waals surface area (Å²) in [6, 6.07) is 17.0. The quantitative estimate of drug-likeness (QED) is 0.673. The molecule has 7 heteroatoms. The van der Waals surface area contributed by atoms with Crippen molar-refractivity contribution in [2.75, 3.05) is 18.1 Å². The third-order valence-corrected chi connectivity index (χ3v) is 4.74. The van der Waals surface area contributed by atoms with Gasteiger partial charge in [-0.15, -0.1) is 0 Å². The second-order valence-electron chi connectivity index (χ2n) is 6.84. The number of anilines is 1. The Morgan fingerprint density at radius 1 is 1.07 bits per heavy atom. The minimum absolute atomic E-state index is 0.0746. The number of para-hydroxylation sites is 1. The Hall–Kier alpha value is -3.61. The molecule has 148 valence electrons. The number of hydrogen-bond acceptors (Lipinski definition) is 4. The maximum Gasteiger partial charge on any atom is 0.258 e. The molecule has 0 bridgehead atoms. The smallest absolute Gasteiger partial charge is 0.258 e. The number of aromatic nitrogens is 2. The average molecular weight is 390 g/mol. The lowest BCUT2D eigenvalue weighted by Gasteiger charge is -2.16. The molecule has 1 aliphatic rings. The molecule has 7 nitrogen and oxygen atoms in total. The van der Waals surface area contributed by atoms with Gasteiger partial charge in [-0.25, -0.2) is 4.68 Å². The van der Waals surface area contributed by atoms with Crippen LogP contribution in [0.15, 0.2) is 67.0 Å². The summed E-state index contributed by atoms with van der Waals surface area (Å²) in [5, 5.41) is 7.14. The molecule has 0 aliphatic carbocycles. The molecule has 1 N–H and O–H groups in total. The molecule has 2 aromatic carbocycles. The molecule has 1 fully saturated rings. The van der Waals surface area contributed by atoms with Gasteiger partial charge in [0.15, 0.2) is 6.61 Å². The van der Waals surface area contributed by atoms with Crippen LogP contribution in [0.2, 0.25) is 0 Å². The van der Waals surface area contributed by atoms with E-state index in [1.54, 1.807) is 27.9 Å². The third kappa shape index (κ3) is 4.63. The van der Waals surface area contributed by atoms with Crippen LogP contribution in [0, 0.1) is 0 Å². The van der Waals surface area contributed by atoms with Crippen LogP contribution >= 0.6 is 0 Å². The lowest BCUT2D eigenvalue weighted by molar-refractivity contribution is -0.123. The van der Waals surface area contributed by atoms with E-state index < -0.39 is 0 Å². The van der Waals surface area contributed by atoms with E-state index in [1.807, 2.05) is 48.7 Å². The van der Waals surface area contributed by atoms with E-state index in [2.05, 4.69) is 10.4 Å². The van der Waals surface area contributed by atoms with Gasteiger partial charge in [0.1, 0.15) is 5.75 Å². The minimum atomic E-state index is -0.212. The summed E-state index contributed by atoms with van der Waals surface area (Å²) in [5.41, 5.74) is 2.73. The van der Waals surface area contributed by atoms with Gasteiger partial charge in [0, 0.05) is 37.0 Å². The molecule has 1 aliphatic heterocycles. The summed E-state index contributed by atoms with van der Waals surface area (Å²) in [6.45, 7) is 1.06. The zero-order chi connectivity index (χ0) is 20.1. The number of hydrogen-bond donors (Lipinski definition) is 1. The summed E-state index contributed by atoms with van der Waals surface area (Å²) in [5.74, 6) is 0.525. The highest BCUT2D eigenvalue weighted by Gasteiger charge is 2.21. The Balaban J connectivity index is 1.24. The number of nitrogens with one attached hydrogen (secondary N) is 1. The van der Waals surface area contributed by atoms with Gasteiger partial charge >= 0.3 is 0 Å². The highest BCUT2D eigenvalue weighted by molar-refractivity contribution is 5.95. The van der Waals surface area contributed by atoms with Gasteiger partial charge in [0.25, 0.3) is 5.91 Å². The van der Waals surface area contributed by atoms with Crippen LogP contribution in [0.4, 0.5) is 5.69 Å². The molecule has 0 radical (unpaired) electrons. The van der Waals surface area contributed by atoms with Crippen molar-refractivity contribution in [1.29, 1.82) is 0 Å². The van der Waals surface area contributed by atoms with E-state index in [0.29, 0.717) is 18.7 Å². The predicted molar refractivity (Wildman–Crippen MR) is 109 cm³/mol. The summed E-state index contributed by atoms with van der Waals surface area (Å²) in [6.07, 6.45) is 5.10. The van der Waals surface area contributed by atoms with Crippen LogP contribution in [0.1, 0.15) is 18.4 Å². The largest absolute Gasteiger partial charge is 0.484 e. The van der Waals surface area contributed by atoms with Crippen LogP contribution in [0.25, 0.3) is 5.69 Å². The van der Waals surface area contributed by atoms with Crippen molar-refractivity contribution < 1.29 is 14.3 Å². The van der Waals surface area contributed by atoms with E-state index in [-0.39, 0.29) is 18.4 Å². The molecule has 0 atom stereocenters. The van der Waals surface area contributed by atoms with Crippen molar-refractivity contribution in [2.45, 2.75) is 19.4 Å². The Kier molecular flexibility index (Phi) is 5.56. The molecule has 0 spiro atoms. The standard InChI is InChI=1S/C22H22N4O3/c27-21(23-13-17-14-24-26(15-17)19-5-2-1-3-6-19)16-29-20-10-8-18(9-11-20)25-12-4-7-22(25)28/h1-3,5-6,8-11,14-15H,4,7,12-13,16H2,(H,23,27). The number of amides is 2. The van der Waals surface area contributed by atoms with Crippen LogP contribution in [0.3, 0.4) is 0 Å². The fourth-order valence-electron chi connectivity index (χ4n) is 3.22. The van der Waals surface area contributed by atoms with Gasteiger partial charge < -0.3 is 15.0 Å². The van der Waals surface area contributed by atoms with E-state index in [0.717, 1.165) is 29.9 Å². The molecule has 3 aromatic rings. The Labute approximate surface area is 168 Å². The zero-order valence-electron chi connectivity index (χ0n) is 16.0. The first-order chi connectivity index (χ1) is 14.2. The second kappa shape index (κ2) is 8.60. The predicted octanol–water partition coefficient (Wildman–Crippen LogP) is 2.69. The first-order valence-electron chi connectivity index (χ1n) is 9.58. The lowest BCUT2D eigenvalue weighted by atomic mass is 10.3. The molecule has 2 heterocycles. The molecule has 1 aromatic heterocycles. The molecule has 4 rings (SSSR count). The second-order valence-corrected chi connectivity index (χ2v) is 6.84. The van der Waals surface area contributed by atoms with Gasteiger partial charge in [0.2, 0.25) is 5.91 Å². The van der Waals surface area contributed by atoms with Crippen LogP contribution in [-0.4, -0.2) is 34.7 Å². The fourth-order valence-corrected chi connectivity index (χ4v) is 3.22. The maximum atomic E-state index is 12.1. The molecule has 2 amide bonds. The van der Waals surface area contributed by atoms with Crippen molar-refractivity contribution in [3.63, 3.8) is 0 Å². The van der Waals surface area contributed by atoms with E-state index in [9.17, 15) is 9.59 Å². The molecule has 29 heavy (non-hydrogen) atoms. The van der Waals surface area contributed by atoms with Gasteiger partial charge in [0.05, 0.1) is 11.9 Å². The molecule has 0 saturated carbocycles. The van der Waals surface area contributed by atoms with E-state index in [4.69, 9.17) is 4.74 Å². The highest BCUT2D eigenvalue weighted by atomic mass is 16.5. The number of rotatable bonds is 7. The van der Waals surface area contributed by atoms with Crippen molar-refractivity contribution in [3.05, 3.63) is 72.6 Å². The van der Waals surface area contributed by atoms with Gasteiger partial charge in [-0.05, 0) is 42.8 Å². The average Bonchev–Trinajstić information content (AvgIpc) is 3.41. The summed E-state index contributed by atoms with van der Waals surface area (Å²) >= 11 is 0. The number of nitrogens with zero attached hydrogens (tertiary/aromatic N) is 3. The number of carbonyl (C=O) groups excluding carboxylic acids is 2. The van der Waals surface area contributed by atoms with Crippen LogP contribution in [-0.2, 0) is 16.1 Å². The molecular formula is C22H22N4O3. The monoisotopic (exact) mass is 390 g/mol. The topological polar surface area (TPSA) is 76.5 Å². The number of benzene rings is 2. The summed E-state index contributed by atoms with van der Waals surface area (Å²) in [7, 11) is 0. The van der Waals surface area contributed by atoms with Crippen LogP contribution < -0.4 is 15.0 Å². The first kappa shape index (κ1) is 18.7. The lowest BCUT2D eigenvalue weighted by Crippen LogP contribution is -2.28. The molecular weight excluding hydrogens is 368 g/mol. The molecule has 1 saturated heterocycles. The Morgan fingerprint density at radius 3 is 2.59 bits per heavy atom. The van der Waals surface area contributed by atoms with Crippen molar-refractivity contribution in [2.24, 2.45) is 0 Å². The van der Waals surface area contributed by atoms with Crippen LogP contribution in [0.5, 0.6) is 5.75 Å². The zero-order valence-corrected chi connectivity index (χ0v) is 16.0. The van der Waals surface area contributed by atoms with Gasteiger partial charge in [-0.1, -0.05) is 18.2 Å². The first-order valence-corrected chi connectivity index (χ1v) is 9.58. The number of carbonyl (C=O) groups is 2. The van der Waals surface area contributed by atoms with Crippen molar-refractivity contribution in [3.8, 4) is 11.4 Å². The SMILES string of the molecule is O=C(COc1ccc(N2CCCC2=O)cc1)NCc1cnn(-c2ccccc2)c1. The molecule has 0 unspecified atom stereocenters. The number of ether oxygens (including phenoxy) is 1. The minimum Gasteiger partial charge on any atom is -0.484 e. The fraction of sp³-hybridized carbons (Fsp3) is 0.227. The summed E-state index contributed by atoms with van der Waals surface area (Å²) < 4.78 is 7.31. The van der Waals surface area contributed by atoms with Crippen molar-refractivity contribution in [1.82, 2.24) is 15.1 Å². The van der Waals surface area contributed by atoms with Gasteiger partial charge in [-0.2, -0.15) is 5.10 Å². The van der Waals surface area contributed by atoms with Gasteiger partial charge in [-0.3, -0.25) is 9.59 Å². The normalized spacial score (nSPS) is 13.5.